The molecule has 33 heavy (non-hydrogen) atoms. The van der Waals surface area contributed by atoms with Gasteiger partial charge in [-0.15, -0.1) is 0 Å². The number of nitrogens with one attached hydrogen (secondary N) is 1. The number of amidine groups is 1. The number of hydroxylamine groups is 1. The first kappa shape index (κ1) is 25.7. The molecule has 0 radical (unpaired) electrons. The number of rotatable bonds is 7. The summed E-state index contributed by atoms with van der Waals surface area (Å²) in [6.45, 7) is -0.297. The first-order valence-electron chi connectivity index (χ1n) is 9.07. The van der Waals surface area contributed by atoms with E-state index in [0.717, 1.165) is 13.3 Å². The Kier molecular flexibility index (Phi) is 8.09. The maximum Gasteiger partial charge on any atom is 0.416 e. The van der Waals surface area contributed by atoms with E-state index >= 15 is 0 Å². The molecule has 178 valence electrons. The Labute approximate surface area is 184 Å². The van der Waals surface area contributed by atoms with Gasteiger partial charge in [0.25, 0.3) is 0 Å². The van der Waals surface area contributed by atoms with Crippen molar-refractivity contribution < 1.29 is 45.8 Å². The number of carboxylic acids is 1. The van der Waals surface area contributed by atoms with Gasteiger partial charge in [-0.05, 0) is 29.3 Å². The lowest BCUT2D eigenvalue weighted by Crippen LogP contribution is -2.26. The predicted molar refractivity (Wildman–Crippen MR) is 106 cm³/mol. The van der Waals surface area contributed by atoms with Crippen LogP contribution in [0.3, 0.4) is 0 Å². The summed E-state index contributed by atoms with van der Waals surface area (Å²) < 4.78 is 83.4. The summed E-state index contributed by atoms with van der Waals surface area (Å²) in [5, 5.41) is 9.36. The second kappa shape index (κ2) is 10.4. The van der Waals surface area contributed by atoms with Crippen molar-refractivity contribution in [3.8, 4) is 0 Å². The summed E-state index contributed by atoms with van der Waals surface area (Å²) in [4.78, 5) is 20.4. The van der Waals surface area contributed by atoms with Crippen LogP contribution in [0.5, 0.6) is 0 Å². The maximum atomic E-state index is 13.1. The number of ether oxygens (including phenoxy) is 1. The summed E-state index contributed by atoms with van der Waals surface area (Å²) in [5.74, 6) is -1.67. The highest BCUT2D eigenvalue weighted by atomic mass is 19.4. The number of hydrogen-bond donors (Lipinski definition) is 2. The van der Waals surface area contributed by atoms with Gasteiger partial charge >= 0.3 is 18.3 Å². The van der Waals surface area contributed by atoms with Crippen molar-refractivity contribution in [1.82, 2.24) is 5.48 Å². The van der Waals surface area contributed by atoms with E-state index in [1.165, 1.54) is 19.2 Å². The third kappa shape index (κ3) is 6.72. The van der Waals surface area contributed by atoms with Crippen molar-refractivity contribution in [1.29, 1.82) is 0 Å². The zero-order chi connectivity index (χ0) is 24.8. The van der Waals surface area contributed by atoms with Gasteiger partial charge in [0.15, 0.2) is 5.84 Å². The van der Waals surface area contributed by atoms with Crippen LogP contribution in [0.1, 0.15) is 27.8 Å². The fourth-order valence-electron chi connectivity index (χ4n) is 2.76. The number of hydrogen-bond acceptors (Lipinski definition) is 4. The van der Waals surface area contributed by atoms with E-state index in [0.29, 0.717) is 17.7 Å². The highest BCUT2D eigenvalue weighted by Crippen LogP contribution is 2.36. The van der Waals surface area contributed by atoms with E-state index in [-0.39, 0.29) is 23.8 Å². The van der Waals surface area contributed by atoms with Gasteiger partial charge in [0.2, 0.25) is 0 Å². The molecule has 6 nitrogen and oxygen atoms in total. The number of carboxylic acid groups (broad SMARTS) is 1. The van der Waals surface area contributed by atoms with Crippen LogP contribution in [0.15, 0.2) is 53.7 Å². The van der Waals surface area contributed by atoms with Gasteiger partial charge in [0, 0.05) is 12.6 Å². The van der Waals surface area contributed by atoms with Gasteiger partial charge in [0.05, 0.1) is 24.5 Å². The van der Waals surface area contributed by atoms with Gasteiger partial charge in [-0.3, -0.25) is 9.83 Å². The molecular formula is C21H18F6N2O4. The quantitative estimate of drug-likeness (QED) is 0.149. The number of nitrogens with zero attached hydrogens (tertiary/aromatic N) is 1. The van der Waals surface area contributed by atoms with Gasteiger partial charge in [-0.1, -0.05) is 24.3 Å². The summed E-state index contributed by atoms with van der Waals surface area (Å²) in [5.41, 5.74) is -0.867. The molecule has 12 heteroatoms. The van der Waals surface area contributed by atoms with Crippen molar-refractivity contribution in [2.75, 3.05) is 14.2 Å². The van der Waals surface area contributed by atoms with Crippen LogP contribution in [0.25, 0.3) is 5.57 Å². The number of aliphatic carboxylic acids is 1. The maximum absolute atomic E-state index is 13.1. The van der Waals surface area contributed by atoms with Crippen molar-refractivity contribution in [3.63, 3.8) is 0 Å². The number of benzene rings is 2. The molecule has 0 aliphatic heterocycles. The minimum absolute atomic E-state index is 0.00342. The molecule has 0 aromatic heterocycles. The molecular weight excluding hydrogens is 458 g/mol. The molecule has 2 rings (SSSR count). The molecule has 0 saturated heterocycles. The van der Waals surface area contributed by atoms with E-state index < -0.39 is 40.8 Å². The number of halogens is 6. The lowest BCUT2D eigenvalue weighted by Gasteiger charge is -2.16. The van der Waals surface area contributed by atoms with E-state index in [1.54, 1.807) is 12.1 Å². The molecule has 0 aliphatic rings. The van der Waals surface area contributed by atoms with Crippen LogP contribution in [0, 0.1) is 0 Å². The first-order chi connectivity index (χ1) is 15.4. The Morgan fingerprint density at radius 1 is 1.06 bits per heavy atom. The predicted octanol–water partition coefficient (Wildman–Crippen LogP) is 4.89. The Morgan fingerprint density at radius 2 is 1.64 bits per heavy atom. The van der Waals surface area contributed by atoms with Crippen molar-refractivity contribution in [3.05, 3.63) is 76.5 Å². The SMILES string of the molecule is CN=C(NOCc1ccccc1C(=COC)C(=O)O)c1cc(C(F)(F)F)cc(C(F)(F)F)c1. The van der Waals surface area contributed by atoms with Crippen LogP contribution in [-0.4, -0.2) is 31.1 Å². The van der Waals surface area contributed by atoms with Crippen LogP contribution in [0.2, 0.25) is 0 Å². The fraction of sp³-hybridized carbons (Fsp3) is 0.238. The summed E-state index contributed by atoms with van der Waals surface area (Å²) >= 11 is 0. The molecule has 0 unspecified atom stereocenters. The number of methoxy groups -OCH3 is 1. The van der Waals surface area contributed by atoms with E-state index in [2.05, 4.69) is 10.5 Å². The first-order valence-corrected chi connectivity index (χ1v) is 9.07. The third-order valence-electron chi connectivity index (χ3n) is 4.25. The average Bonchev–Trinajstić information content (AvgIpc) is 2.73. The van der Waals surface area contributed by atoms with E-state index in [1.807, 2.05) is 0 Å². The van der Waals surface area contributed by atoms with E-state index in [4.69, 9.17) is 9.57 Å². The Bertz CT molecular complexity index is 1030. The van der Waals surface area contributed by atoms with E-state index in [9.17, 15) is 36.2 Å². The minimum Gasteiger partial charge on any atom is -0.503 e. The minimum atomic E-state index is -5.02. The van der Waals surface area contributed by atoms with Crippen molar-refractivity contribution in [2.24, 2.45) is 4.99 Å². The van der Waals surface area contributed by atoms with Gasteiger partial charge < -0.3 is 9.84 Å². The van der Waals surface area contributed by atoms with Crippen LogP contribution in [0.4, 0.5) is 26.3 Å². The number of aliphatic imine (C=N–C) groups is 1. The second-order valence-electron chi connectivity index (χ2n) is 6.49. The molecule has 0 atom stereocenters. The average molecular weight is 476 g/mol. The molecule has 0 spiro atoms. The Balaban J connectivity index is 2.30. The largest absolute Gasteiger partial charge is 0.503 e. The highest BCUT2D eigenvalue weighted by Gasteiger charge is 2.37. The zero-order valence-corrected chi connectivity index (χ0v) is 17.2. The smallest absolute Gasteiger partial charge is 0.416 e. The molecule has 0 aliphatic carbocycles. The van der Waals surface area contributed by atoms with Crippen LogP contribution < -0.4 is 5.48 Å². The molecule has 2 aromatic rings. The lowest BCUT2D eigenvalue weighted by atomic mass is 10.0. The number of alkyl halides is 6. The van der Waals surface area contributed by atoms with Crippen LogP contribution >= 0.6 is 0 Å². The van der Waals surface area contributed by atoms with Crippen LogP contribution in [-0.2, 0) is 33.3 Å². The molecule has 0 fully saturated rings. The normalized spacial score (nSPS) is 13.1. The fourth-order valence-corrected chi connectivity index (χ4v) is 2.76. The molecule has 0 heterocycles. The Hall–Kier alpha value is -3.54. The molecule has 0 saturated carbocycles. The number of carbonyl (C=O) groups is 1. The van der Waals surface area contributed by atoms with Gasteiger partial charge in [-0.25, -0.2) is 10.3 Å². The summed E-state index contributed by atoms with van der Waals surface area (Å²) in [7, 11) is 2.41. The summed E-state index contributed by atoms with van der Waals surface area (Å²) in [6, 6.07) is 7.18. The standard InChI is InChI=1S/C21H18F6N2O4/c1-28-18(13-7-14(20(22,23)24)9-15(8-13)21(25,26)27)29-33-10-12-5-3-4-6-16(12)17(11-32-2)19(30)31/h3-9,11H,10H2,1-2H3,(H,28,29)(H,30,31). The molecule has 0 bridgehead atoms. The van der Waals surface area contributed by atoms with Crippen molar-refractivity contribution in [2.45, 2.75) is 19.0 Å². The third-order valence-corrected chi connectivity index (χ3v) is 4.25. The van der Waals surface area contributed by atoms with Crippen molar-refractivity contribution >= 4 is 17.4 Å². The molecule has 0 amide bonds. The van der Waals surface area contributed by atoms with Gasteiger partial charge in [0.1, 0.15) is 12.2 Å². The summed E-state index contributed by atoms with van der Waals surface area (Å²) in [6.07, 6.45) is -9.03. The molecule has 2 N–H and O–H groups in total. The molecule has 2 aromatic carbocycles. The lowest BCUT2D eigenvalue weighted by molar-refractivity contribution is -0.143. The highest BCUT2D eigenvalue weighted by molar-refractivity contribution is 6.15. The monoisotopic (exact) mass is 476 g/mol. The second-order valence-corrected chi connectivity index (χ2v) is 6.49. The van der Waals surface area contributed by atoms with Gasteiger partial charge in [-0.2, -0.15) is 26.3 Å². The topological polar surface area (TPSA) is 80.2 Å². The zero-order valence-electron chi connectivity index (χ0n) is 17.2. The Morgan fingerprint density at radius 3 is 2.12 bits per heavy atom.